The van der Waals surface area contributed by atoms with E-state index in [1.165, 1.54) is 6.21 Å². The Hall–Kier alpha value is -1.05. The third-order valence-corrected chi connectivity index (χ3v) is 3.35. The standard InChI is InChI=1S/C10H11BrClN3O2S/c1-2-17-6-3-5(4-14-15-10(13)18)8(12)7(11)9(6)16/h3-4,16H,2H2,1H3,(H3,13,15,18)/b14-4+. The Morgan fingerprint density at radius 3 is 3.00 bits per heavy atom. The van der Waals surface area contributed by atoms with E-state index in [1.54, 1.807) is 6.07 Å². The third kappa shape index (κ3) is 3.72. The largest absolute Gasteiger partial charge is 0.503 e. The molecule has 0 unspecified atom stereocenters. The summed E-state index contributed by atoms with van der Waals surface area (Å²) in [5, 5.41) is 13.9. The van der Waals surface area contributed by atoms with Crippen LogP contribution in [0.15, 0.2) is 15.6 Å². The van der Waals surface area contributed by atoms with E-state index in [1.807, 2.05) is 6.92 Å². The minimum Gasteiger partial charge on any atom is -0.503 e. The van der Waals surface area contributed by atoms with Crippen LogP contribution in [0.25, 0.3) is 0 Å². The van der Waals surface area contributed by atoms with Crippen LogP contribution in [0, 0.1) is 0 Å². The van der Waals surface area contributed by atoms with Gasteiger partial charge in [-0.25, -0.2) is 0 Å². The topological polar surface area (TPSA) is 79.9 Å². The van der Waals surface area contributed by atoms with E-state index in [0.29, 0.717) is 27.4 Å². The molecule has 0 radical (unpaired) electrons. The molecule has 0 aromatic heterocycles. The second kappa shape index (κ2) is 6.77. The summed E-state index contributed by atoms with van der Waals surface area (Å²) in [4.78, 5) is 0. The summed E-state index contributed by atoms with van der Waals surface area (Å²) in [6, 6.07) is 1.57. The molecule has 0 fully saturated rings. The van der Waals surface area contributed by atoms with Crippen molar-refractivity contribution in [2.45, 2.75) is 6.92 Å². The lowest BCUT2D eigenvalue weighted by Gasteiger charge is -2.10. The summed E-state index contributed by atoms with van der Waals surface area (Å²) in [7, 11) is 0. The molecule has 0 spiro atoms. The first-order chi connectivity index (χ1) is 8.47. The fraction of sp³-hybridized carbons (Fsp3) is 0.200. The fourth-order valence-corrected chi connectivity index (χ4v) is 1.81. The predicted octanol–water partition coefficient (Wildman–Crippen LogP) is 2.37. The number of nitrogens with one attached hydrogen (secondary N) is 1. The summed E-state index contributed by atoms with van der Waals surface area (Å²) in [6.45, 7) is 2.23. The second-order valence-corrected chi connectivity index (χ2v) is 4.72. The van der Waals surface area contributed by atoms with Gasteiger partial charge in [0.2, 0.25) is 0 Å². The number of hydrogen-bond donors (Lipinski definition) is 3. The number of nitrogens with zero attached hydrogens (tertiary/aromatic N) is 1. The summed E-state index contributed by atoms with van der Waals surface area (Å²) in [6.07, 6.45) is 1.42. The molecule has 0 saturated heterocycles. The van der Waals surface area contributed by atoms with Crippen LogP contribution in [0.4, 0.5) is 0 Å². The first kappa shape index (κ1) is 15.0. The number of hydrogen-bond acceptors (Lipinski definition) is 4. The summed E-state index contributed by atoms with van der Waals surface area (Å²) in [5.74, 6) is 0.256. The Kier molecular flexibility index (Phi) is 5.64. The molecule has 0 aliphatic rings. The lowest BCUT2D eigenvalue weighted by Crippen LogP contribution is -2.24. The number of nitrogens with two attached hydrogens (primary N) is 1. The molecule has 0 aliphatic carbocycles. The molecule has 18 heavy (non-hydrogen) atoms. The van der Waals surface area contributed by atoms with Crippen LogP contribution >= 0.6 is 39.7 Å². The number of aromatic hydroxyl groups is 1. The van der Waals surface area contributed by atoms with Crippen molar-refractivity contribution >= 4 is 51.1 Å². The van der Waals surface area contributed by atoms with Crippen LogP contribution in [0.5, 0.6) is 11.5 Å². The van der Waals surface area contributed by atoms with Crippen LogP contribution in [-0.2, 0) is 0 Å². The highest BCUT2D eigenvalue weighted by atomic mass is 79.9. The number of benzene rings is 1. The van der Waals surface area contributed by atoms with Gasteiger partial charge in [-0.2, -0.15) is 5.10 Å². The van der Waals surface area contributed by atoms with Gasteiger partial charge in [0, 0.05) is 5.56 Å². The van der Waals surface area contributed by atoms with Gasteiger partial charge >= 0.3 is 0 Å². The van der Waals surface area contributed by atoms with Crippen LogP contribution in [0.1, 0.15) is 12.5 Å². The monoisotopic (exact) mass is 351 g/mol. The molecule has 4 N–H and O–H groups in total. The zero-order chi connectivity index (χ0) is 13.7. The molecule has 8 heteroatoms. The van der Waals surface area contributed by atoms with Gasteiger partial charge in [-0.3, -0.25) is 5.43 Å². The number of phenols is 1. The highest BCUT2D eigenvalue weighted by molar-refractivity contribution is 9.10. The molecule has 0 amide bonds. The molecule has 0 bridgehead atoms. The Labute approximate surface area is 123 Å². The highest BCUT2D eigenvalue weighted by Crippen LogP contribution is 2.41. The SMILES string of the molecule is CCOc1cc(/C=N/NC(N)=S)c(Cl)c(Br)c1O. The lowest BCUT2D eigenvalue weighted by atomic mass is 10.2. The normalized spacial score (nSPS) is 10.6. The first-order valence-corrected chi connectivity index (χ1v) is 6.47. The maximum absolute atomic E-state index is 9.79. The fourth-order valence-electron chi connectivity index (χ4n) is 1.14. The van der Waals surface area contributed by atoms with E-state index in [-0.39, 0.29) is 10.9 Å². The van der Waals surface area contributed by atoms with E-state index in [9.17, 15) is 5.11 Å². The van der Waals surface area contributed by atoms with Crippen molar-refractivity contribution in [3.8, 4) is 11.5 Å². The molecule has 1 aromatic rings. The number of ether oxygens (including phenoxy) is 1. The average Bonchev–Trinajstić information content (AvgIpc) is 2.32. The molecule has 98 valence electrons. The number of thiocarbonyl (C=S) groups is 1. The molecule has 0 saturated carbocycles. The van der Waals surface area contributed by atoms with Gasteiger partial charge in [0.05, 0.1) is 22.3 Å². The van der Waals surface area contributed by atoms with Crippen molar-refractivity contribution in [2.24, 2.45) is 10.8 Å². The Morgan fingerprint density at radius 1 is 1.78 bits per heavy atom. The first-order valence-electron chi connectivity index (χ1n) is 4.89. The van der Waals surface area contributed by atoms with Gasteiger partial charge in [0.25, 0.3) is 0 Å². The van der Waals surface area contributed by atoms with Crippen LogP contribution < -0.4 is 15.9 Å². The van der Waals surface area contributed by atoms with Crippen LogP contribution in [0.3, 0.4) is 0 Å². The Bertz CT molecular complexity index is 497. The van der Waals surface area contributed by atoms with Gasteiger partial charge in [-0.05, 0) is 41.1 Å². The van der Waals surface area contributed by atoms with E-state index < -0.39 is 0 Å². The zero-order valence-corrected chi connectivity index (χ0v) is 12.6. The minimum atomic E-state index is -0.0543. The van der Waals surface area contributed by atoms with Crippen molar-refractivity contribution in [3.05, 3.63) is 21.1 Å². The van der Waals surface area contributed by atoms with Gasteiger partial charge < -0.3 is 15.6 Å². The zero-order valence-electron chi connectivity index (χ0n) is 9.41. The molecule has 5 nitrogen and oxygen atoms in total. The molecule has 1 rings (SSSR count). The quantitative estimate of drug-likeness (QED) is 0.440. The van der Waals surface area contributed by atoms with Gasteiger partial charge in [-0.15, -0.1) is 0 Å². The molecule has 0 heterocycles. The molecule has 1 aromatic carbocycles. The predicted molar refractivity (Wildman–Crippen MR) is 79.5 cm³/mol. The van der Waals surface area contributed by atoms with E-state index in [2.05, 4.69) is 38.7 Å². The maximum atomic E-state index is 9.79. The van der Waals surface area contributed by atoms with Gasteiger partial charge in [-0.1, -0.05) is 11.6 Å². The number of hydrazone groups is 1. The smallest absolute Gasteiger partial charge is 0.184 e. The Balaban J connectivity index is 3.11. The number of halogens is 2. The van der Waals surface area contributed by atoms with Crippen LogP contribution in [0.2, 0.25) is 5.02 Å². The van der Waals surface area contributed by atoms with Gasteiger partial charge in [0.15, 0.2) is 16.6 Å². The number of phenolic OH excluding ortho intramolecular Hbond substituents is 1. The highest BCUT2D eigenvalue weighted by Gasteiger charge is 2.14. The van der Waals surface area contributed by atoms with Crippen molar-refractivity contribution < 1.29 is 9.84 Å². The second-order valence-electron chi connectivity index (χ2n) is 3.11. The average molecular weight is 353 g/mol. The summed E-state index contributed by atoms with van der Waals surface area (Å²) < 4.78 is 5.61. The van der Waals surface area contributed by atoms with Crippen molar-refractivity contribution in [1.82, 2.24) is 5.43 Å². The van der Waals surface area contributed by atoms with Crippen molar-refractivity contribution in [1.29, 1.82) is 0 Å². The summed E-state index contributed by atoms with van der Waals surface area (Å²) >= 11 is 13.8. The molecular formula is C10H11BrClN3O2S. The molecule has 0 atom stereocenters. The van der Waals surface area contributed by atoms with Crippen LogP contribution in [-0.4, -0.2) is 23.0 Å². The third-order valence-electron chi connectivity index (χ3n) is 1.85. The lowest BCUT2D eigenvalue weighted by molar-refractivity contribution is 0.317. The number of rotatable bonds is 4. The molecule has 0 aliphatic heterocycles. The van der Waals surface area contributed by atoms with Crippen molar-refractivity contribution in [3.63, 3.8) is 0 Å². The summed E-state index contributed by atoms with van der Waals surface area (Å²) in [5.41, 5.74) is 8.18. The van der Waals surface area contributed by atoms with Gasteiger partial charge in [0.1, 0.15) is 0 Å². The minimum absolute atomic E-state index is 0.0465. The van der Waals surface area contributed by atoms with E-state index in [0.717, 1.165) is 0 Å². The maximum Gasteiger partial charge on any atom is 0.184 e. The molecular weight excluding hydrogens is 342 g/mol. The Morgan fingerprint density at radius 2 is 2.44 bits per heavy atom. The van der Waals surface area contributed by atoms with E-state index in [4.69, 9.17) is 22.1 Å². The van der Waals surface area contributed by atoms with E-state index >= 15 is 0 Å². The van der Waals surface area contributed by atoms with Crippen molar-refractivity contribution in [2.75, 3.05) is 6.61 Å².